The summed E-state index contributed by atoms with van der Waals surface area (Å²) in [6.07, 6.45) is -0.358. The predicted molar refractivity (Wildman–Crippen MR) is 113 cm³/mol. The van der Waals surface area contributed by atoms with Crippen LogP contribution in [0.15, 0.2) is 0 Å². The minimum absolute atomic E-state index is 0.00836. The van der Waals surface area contributed by atoms with Crippen molar-refractivity contribution < 1.29 is 33.9 Å². The van der Waals surface area contributed by atoms with Crippen LogP contribution in [0.5, 0.6) is 0 Å². The van der Waals surface area contributed by atoms with E-state index in [-0.39, 0.29) is 38.0 Å². The van der Waals surface area contributed by atoms with Gasteiger partial charge in [0.05, 0.1) is 6.04 Å². The lowest BCUT2D eigenvalue weighted by Gasteiger charge is -2.24. The summed E-state index contributed by atoms with van der Waals surface area (Å²) in [5, 5.41) is 16.4. The molecule has 32 heavy (non-hydrogen) atoms. The second-order valence-electron chi connectivity index (χ2n) is 7.94. The lowest BCUT2D eigenvalue weighted by molar-refractivity contribution is -0.143. The van der Waals surface area contributed by atoms with Crippen LogP contribution in [0.2, 0.25) is 0 Å². The fraction of sp³-hybridized carbons (Fsp3) is 0.684. The van der Waals surface area contributed by atoms with Gasteiger partial charge in [-0.25, -0.2) is 4.79 Å². The molecular weight excluding hydrogens is 424 g/mol. The third-order valence-corrected chi connectivity index (χ3v) is 4.42. The van der Waals surface area contributed by atoms with Crippen molar-refractivity contribution in [2.45, 2.75) is 77.0 Å². The number of carboxylic acids is 1. The Morgan fingerprint density at radius 1 is 0.750 bits per heavy atom. The van der Waals surface area contributed by atoms with E-state index in [1.165, 1.54) is 6.92 Å². The number of primary amides is 2. The summed E-state index contributed by atoms with van der Waals surface area (Å²) in [5.74, 6) is -4.86. The number of amides is 5. The lowest BCUT2D eigenvalue weighted by atomic mass is 10.0. The molecule has 0 saturated carbocycles. The Balaban J connectivity index is 5.14. The zero-order valence-electron chi connectivity index (χ0n) is 18.6. The Morgan fingerprint density at radius 2 is 1.25 bits per heavy atom. The summed E-state index contributed by atoms with van der Waals surface area (Å²) in [6.45, 7) is 4.91. The molecule has 0 aliphatic rings. The number of hydrogen-bond donors (Lipinski definition) is 7. The Morgan fingerprint density at radius 3 is 1.72 bits per heavy atom. The SMILES string of the molecule is CC(C)CC(NC(=O)C(CCC(N)=O)NC(=O)C(C)NC(=O)C(N)CCC(N)=O)C(=O)O. The number of aliphatic carboxylic acids is 1. The molecule has 0 radical (unpaired) electrons. The Kier molecular flexibility index (Phi) is 12.6. The summed E-state index contributed by atoms with van der Waals surface area (Å²) in [4.78, 5) is 70.5. The van der Waals surface area contributed by atoms with E-state index in [2.05, 4.69) is 16.0 Å². The topological polar surface area (TPSA) is 237 Å². The van der Waals surface area contributed by atoms with Crippen LogP contribution >= 0.6 is 0 Å². The molecule has 0 saturated heterocycles. The van der Waals surface area contributed by atoms with Crippen molar-refractivity contribution in [1.82, 2.24) is 16.0 Å². The average Bonchev–Trinajstić information content (AvgIpc) is 2.67. The molecule has 0 aliphatic heterocycles. The van der Waals surface area contributed by atoms with Crippen LogP contribution in [-0.4, -0.2) is 64.8 Å². The molecular formula is C19H34N6O7. The number of carboxylic acid groups (broad SMARTS) is 1. The van der Waals surface area contributed by atoms with Gasteiger partial charge < -0.3 is 38.3 Å². The van der Waals surface area contributed by atoms with E-state index in [1.54, 1.807) is 13.8 Å². The highest BCUT2D eigenvalue weighted by Gasteiger charge is 2.29. The minimum Gasteiger partial charge on any atom is -0.480 e. The summed E-state index contributed by atoms with van der Waals surface area (Å²) in [5.41, 5.74) is 15.8. The van der Waals surface area contributed by atoms with Gasteiger partial charge in [0.2, 0.25) is 29.5 Å². The lowest BCUT2D eigenvalue weighted by Crippen LogP contribution is -2.56. The van der Waals surface area contributed by atoms with Gasteiger partial charge in [0, 0.05) is 12.8 Å². The fourth-order valence-electron chi connectivity index (χ4n) is 2.63. The third kappa shape index (κ3) is 11.8. The van der Waals surface area contributed by atoms with Crippen molar-refractivity contribution in [2.75, 3.05) is 0 Å². The molecule has 0 fully saturated rings. The van der Waals surface area contributed by atoms with Crippen LogP contribution < -0.4 is 33.2 Å². The molecule has 5 amide bonds. The molecule has 0 bridgehead atoms. The number of nitrogens with two attached hydrogens (primary N) is 3. The zero-order valence-corrected chi connectivity index (χ0v) is 18.6. The minimum atomic E-state index is -1.26. The van der Waals surface area contributed by atoms with E-state index in [9.17, 15) is 33.9 Å². The molecule has 0 heterocycles. The van der Waals surface area contributed by atoms with Crippen molar-refractivity contribution in [3.8, 4) is 0 Å². The number of rotatable bonds is 15. The Hall–Kier alpha value is -3.22. The van der Waals surface area contributed by atoms with Gasteiger partial charge in [-0.2, -0.15) is 0 Å². The second-order valence-corrected chi connectivity index (χ2v) is 7.94. The highest BCUT2D eigenvalue weighted by atomic mass is 16.4. The first-order valence-corrected chi connectivity index (χ1v) is 10.2. The van der Waals surface area contributed by atoms with Crippen LogP contribution in [0, 0.1) is 5.92 Å². The normalized spacial score (nSPS) is 14.5. The van der Waals surface area contributed by atoms with E-state index in [0.717, 1.165) is 0 Å². The summed E-state index contributed by atoms with van der Waals surface area (Å²) < 4.78 is 0. The quantitative estimate of drug-likeness (QED) is 0.137. The van der Waals surface area contributed by atoms with Crippen molar-refractivity contribution in [2.24, 2.45) is 23.1 Å². The maximum atomic E-state index is 12.6. The number of nitrogens with one attached hydrogen (secondary N) is 3. The van der Waals surface area contributed by atoms with Gasteiger partial charge in [0.1, 0.15) is 18.1 Å². The maximum absolute atomic E-state index is 12.6. The molecule has 0 aromatic heterocycles. The summed E-state index contributed by atoms with van der Waals surface area (Å²) >= 11 is 0. The zero-order chi connectivity index (χ0) is 25.0. The molecule has 10 N–H and O–H groups in total. The molecule has 182 valence electrons. The first-order chi connectivity index (χ1) is 14.7. The molecule has 4 atom stereocenters. The van der Waals surface area contributed by atoms with Gasteiger partial charge in [-0.3, -0.25) is 24.0 Å². The largest absolute Gasteiger partial charge is 0.480 e. The van der Waals surface area contributed by atoms with Crippen LogP contribution in [0.3, 0.4) is 0 Å². The second kappa shape index (κ2) is 14.0. The standard InChI is InChI=1S/C19H34N6O7/c1-9(2)8-13(19(31)32)25-18(30)12(5-7-15(22)27)24-16(28)10(3)23-17(29)11(20)4-6-14(21)26/h9-13H,4-8,20H2,1-3H3,(H2,21,26)(H2,22,27)(H,23,29)(H,24,28)(H,25,30)(H,31,32). The molecule has 0 rings (SSSR count). The third-order valence-electron chi connectivity index (χ3n) is 4.42. The van der Waals surface area contributed by atoms with E-state index >= 15 is 0 Å². The highest BCUT2D eigenvalue weighted by Crippen LogP contribution is 2.07. The summed E-state index contributed by atoms with van der Waals surface area (Å²) in [6, 6.07) is -4.63. The van der Waals surface area contributed by atoms with E-state index < -0.39 is 59.7 Å². The van der Waals surface area contributed by atoms with Gasteiger partial charge >= 0.3 is 5.97 Å². The van der Waals surface area contributed by atoms with Crippen molar-refractivity contribution in [3.05, 3.63) is 0 Å². The summed E-state index contributed by atoms with van der Waals surface area (Å²) in [7, 11) is 0. The van der Waals surface area contributed by atoms with E-state index in [1.807, 2.05) is 0 Å². The number of carbonyl (C=O) groups is 6. The Labute approximate surface area is 186 Å². The van der Waals surface area contributed by atoms with Crippen LogP contribution in [-0.2, 0) is 28.8 Å². The molecule has 0 spiro atoms. The molecule has 0 aromatic rings. The van der Waals surface area contributed by atoms with Crippen LogP contribution in [0.4, 0.5) is 0 Å². The monoisotopic (exact) mass is 458 g/mol. The predicted octanol–water partition coefficient (Wildman–Crippen LogP) is -2.55. The van der Waals surface area contributed by atoms with Gasteiger partial charge in [-0.15, -0.1) is 0 Å². The molecule has 0 aliphatic carbocycles. The van der Waals surface area contributed by atoms with Gasteiger partial charge in [0.15, 0.2) is 0 Å². The first-order valence-electron chi connectivity index (χ1n) is 10.2. The van der Waals surface area contributed by atoms with E-state index in [0.29, 0.717) is 0 Å². The fourth-order valence-corrected chi connectivity index (χ4v) is 2.63. The van der Waals surface area contributed by atoms with Crippen LogP contribution in [0.25, 0.3) is 0 Å². The number of hydrogen-bond acceptors (Lipinski definition) is 7. The smallest absolute Gasteiger partial charge is 0.326 e. The van der Waals surface area contributed by atoms with Crippen LogP contribution in [0.1, 0.15) is 52.9 Å². The molecule has 0 aromatic carbocycles. The van der Waals surface area contributed by atoms with Gasteiger partial charge in [-0.1, -0.05) is 13.8 Å². The maximum Gasteiger partial charge on any atom is 0.326 e. The molecule has 13 nitrogen and oxygen atoms in total. The molecule has 4 unspecified atom stereocenters. The van der Waals surface area contributed by atoms with Gasteiger partial charge in [-0.05, 0) is 32.1 Å². The van der Waals surface area contributed by atoms with Crippen molar-refractivity contribution in [1.29, 1.82) is 0 Å². The number of carbonyl (C=O) groups excluding carboxylic acids is 5. The average molecular weight is 459 g/mol. The van der Waals surface area contributed by atoms with Gasteiger partial charge in [0.25, 0.3) is 0 Å². The van der Waals surface area contributed by atoms with Crippen molar-refractivity contribution >= 4 is 35.5 Å². The highest BCUT2D eigenvalue weighted by molar-refractivity contribution is 5.94. The van der Waals surface area contributed by atoms with Crippen molar-refractivity contribution in [3.63, 3.8) is 0 Å². The first kappa shape index (κ1) is 28.8. The van der Waals surface area contributed by atoms with E-state index in [4.69, 9.17) is 17.2 Å². The Bertz CT molecular complexity index is 712. The molecule has 13 heteroatoms.